The molecule has 0 saturated carbocycles. The van der Waals surface area contributed by atoms with Crippen LogP contribution in [0.3, 0.4) is 0 Å². The van der Waals surface area contributed by atoms with Gasteiger partial charge in [0, 0.05) is 36.5 Å². The predicted molar refractivity (Wildman–Crippen MR) is 104 cm³/mol. The standard InChI is InChI=1S/C21H22ClNO4/c1-2-23(14-16-5-3-4-6-17(16)22)21(25)10-8-18(24)15-7-9-19-20(13-15)27-12-11-26-19/h3-7,9,13H,2,8,10-12,14H2,1H3. The van der Waals surface area contributed by atoms with E-state index in [1.54, 1.807) is 29.2 Å². The lowest BCUT2D eigenvalue weighted by atomic mass is 10.1. The van der Waals surface area contributed by atoms with Crippen LogP contribution in [0.4, 0.5) is 0 Å². The molecule has 0 N–H and O–H groups in total. The number of ether oxygens (including phenoxy) is 2. The van der Waals surface area contributed by atoms with Crippen molar-refractivity contribution in [2.75, 3.05) is 19.8 Å². The quantitative estimate of drug-likeness (QED) is 0.670. The fraction of sp³-hybridized carbons (Fsp3) is 0.333. The second kappa shape index (κ2) is 8.91. The van der Waals surface area contributed by atoms with Crippen LogP contribution in [-0.2, 0) is 11.3 Å². The molecule has 6 heteroatoms. The Balaban J connectivity index is 1.58. The summed E-state index contributed by atoms with van der Waals surface area (Å²) in [6, 6.07) is 12.6. The third-order valence-corrected chi connectivity index (χ3v) is 4.85. The van der Waals surface area contributed by atoms with Gasteiger partial charge in [0.15, 0.2) is 17.3 Å². The summed E-state index contributed by atoms with van der Waals surface area (Å²) in [7, 11) is 0. The minimum absolute atomic E-state index is 0.0664. The number of carbonyl (C=O) groups is 2. The highest BCUT2D eigenvalue weighted by Gasteiger charge is 2.18. The maximum atomic E-state index is 12.5. The monoisotopic (exact) mass is 387 g/mol. The molecule has 1 aliphatic rings. The molecule has 27 heavy (non-hydrogen) atoms. The predicted octanol–water partition coefficient (Wildman–Crippen LogP) is 4.12. The van der Waals surface area contributed by atoms with Crippen LogP contribution in [0.15, 0.2) is 42.5 Å². The Morgan fingerprint density at radius 3 is 2.52 bits per heavy atom. The first-order chi connectivity index (χ1) is 13.1. The molecule has 0 unspecified atom stereocenters. The maximum absolute atomic E-state index is 12.5. The van der Waals surface area contributed by atoms with E-state index in [1.807, 2.05) is 25.1 Å². The number of carbonyl (C=O) groups excluding carboxylic acids is 2. The molecule has 0 atom stereocenters. The van der Waals surface area contributed by atoms with Crippen molar-refractivity contribution in [2.45, 2.75) is 26.3 Å². The zero-order valence-corrected chi connectivity index (χ0v) is 16.0. The molecule has 0 aromatic heterocycles. The molecule has 1 aliphatic heterocycles. The van der Waals surface area contributed by atoms with Gasteiger partial charge in [-0.05, 0) is 36.8 Å². The number of fused-ring (bicyclic) bond motifs is 1. The smallest absolute Gasteiger partial charge is 0.223 e. The lowest BCUT2D eigenvalue weighted by Crippen LogP contribution is -2.30. The fourth-order valence-corrected chi connectivity index (χ4v) is 3.14. The molecule has 1 amide bonds. The van der Waals surface area contributed by atoms with Crippen LogP contribution in [-0.4, -0.2) is 36.3 Å². The van der Waals surface area contributed by atoms with Crippen molar-refractivity contribution in [3.63, 3.8) is 0 Å². The molecule has 0 radical (unpaired) electrons. The molecule has 1 heterocycles. The zero-order chi connectivity index (χ0) is 19.2. The number of ketones is 1. The van der Waals surface area contributed by atoms with E-state index in [0.717, 1.165) is 5.56 Å². The van der Waals surface area contributed by atoms with E-state index in [4.69, 9.17) is 21.1 Å². The molecule has 0 bridgehead atoms. The van der Waals surface area contributed by atoms with Gasteiger partial charge in [-0.3, -0.25) is 9.59 Å². The Labute approximate surface area is 163 Å². The second-order valence-electron chi connectivity index (χ2n) is 6.28. The average Bonchev–Trinajstić information content (AvgIpc) is 2.70. The molecule has 0 aliphatic carbocycles. The lowest BCUT2D eigenvalue weighted by molar-refractivity contribution is -0.131. The zero-order valence-electron chi connectivity index (χ0n) is 15.2. The highest BCUT2D eigenvalue weighted by molar-refractivity contribution is 6.31. The largest absolute Gasteiger partial charge is 0.486 e. The van der Waals surface area contributed by atoms with E-state index in [9.17, 15) is 9.59 Å². The number of halogens is 1. The number of nitrogens with zero attached hydrogens (tertiary/aromatic N) is 1. The van der Waals surface area contributed by atoms with E-state index in [0.29, 0.717) is 48.4 Å². The molecule has 0 saturated heterocycles. The molecule has 2 aromatic rings. The Kier molecular flexibility index (Phi) is 6.35. The van der Waals surface area contributed by atoms with Crippen LogP contribution in [0.2, 0.25) is 5.02 Å². The van der Waals surface area contributed by atoms with E-state index in [1.165, 1.54) is 0 Å². The Bertz CT molecular complexity index is 837. The van der Waals surface area contributed by atoms with Crippen LogP contribution >= 0.6 is 11.6 Å². The molecule has 5 nitrogen and oxygen atoms in total. The average molecular weight is 388 g/mol. The van der Waals surface area contributed by atoms with Crippen molar-refractivity contribution < 1.29 is 19.1 Å². The number of amides is 1. The van der Waals surface area contributed by atoms with Gasteiger partial charge in [0.05, 0.1) is 0 Å². The third kappa shape index (κ3) is 4.80. The summed E-state index contributed by atoms with van der Waals surface area (Å²) in [5, 5.41) is 0.635. The summed E-state index contributed by atoms with van der Waals surface area (Å²) < 4.78 is 11.0. The van der Waals surface area contributed by atoms with Crippen LogP contribution < -0.4 is 9.47 Å². The minimum atomic E-state index is -0.0888. The summed E-state index contributed by atoms with van der Waals surface area (Å²) >= 11 is 6.18. The van der Waals surface area contributed by atoms with Crippen molar-refractivity contribution in [3.8, 4) is 11.5 Å². The van der Waals surface area contributed by atoms with Crippen LogP contribution in [0.1, 0.15) is 35.7 Å². The third-order valence-electron chi connectivity index (χ3n) is 4.48. The minimum Gasteiger partial charge on any atom is -0.486 e. The molecular formula is C21H22ClNO4. The Hall–Kier alpha value is -2.53. The first-order valence-electron chi connectivity index (χ1n) is 9.02. The van der Waals surface area contributed by atoms with Gasteiger partial charge in [-0.25, -0.2) is 0 Å². The lowest BCUT2D eigenvalue weighted by Gasteiger charge is -2.21. The van der Waals surface area contributed by atoms with Crippen LogP contribution in [0.25, 0.3) is 0 Å². The van der Waals surface area contributed by atoms with Crippen molar-refractivity contribution in [3.05, 3.63) is 58.6 Å². The summed E-state index contributed by atoms with van der Waals surface area (Å²) in [5.41, 5.74) is 1.42. The molecule has 0 spiro atoms. The number of hydrogen-bond acceptors (Lipinski definition) is 4. The first-order valence-corrected chi connectivity index (χ1v) is 9.40. The van der Waals surface area contributed by atoms with Crippen LogP contribution in [0.5, 0.6) is 11.5 Å². The SMILES string of the molecule is CCN(Cc1ccccc1Cl)C(=O)CCC(=O)c1ccc2c(c1)OCCO2. The Morgan fingerprint density at radius 1 is 1.04 bits per heavy atom. The van der Waals surface area contributed by atoms with Gasteiger partial charge in [-0.15, -0.1) is 0 Å². The van der Waals surface area contributed by atoms with Crippen molar-refractivity contribution >= 4 is 23.3 Å². The normalized spacial score (nSPS) is 12.5. The molecule has 142 valence electrons. The number of hydrogen-bond donors (Lipinski definition) is 0. The van der Waals surface area contributed by atoms with Gasteiger partial charge in [0.2, 0.25) is 5.91 Å². The topological polar surface area (TPSA) is 55.8 Å². The Morgan fingerprint density at radius 2 is 1.78 bits per heavy atom. The van der Waals surface area contributed by atoms with Crippen molar-refractivity contribution in [2.24, 2.45) is 0 Å². The van der Waals surface area contributed by atoms with E-state index in [2.05, 4.69) is 0 Å². The van der Waals surface area contributed by atoms with Crippen molar-refractivity contribution in [1.82, 2.24) is 4.90 Å². The summed E-state index contributed by atoms with van der Waals surface area (Å²) in [5.74, 6) is 1.07. The molecule has 3 rings (SSSR count). The van der Waals surface area contributed by atoms with E-state index < -0.39 is 0 Å². The van der Waals surface area contributed by atoms with Gasteiger partial charge in [-0.2, -0.15) is 0 Å². The fourth-order valence-electron chi connectivity index (χ4n) is 2.95. The highest BCUT2D eigenvalue weighted by Crippen LogP contribution is 2.31. The number of benzene rings is 2. The summed E-state index contributed by atoms with van der Waals surface area (Å²) in [6.45, 7) is 3.89. The van der Waals surface area contributed by atoms with E-state index >= 15 is 0 Å². The molecular weight excluding hydrogens is 366 g/mol. The summed E-state index contributed by atoms with van der Waals surface area (Å²) in [4.78, 5) is 26.7. The van der Waals surface area contributed by atoms with Gasteiger partial charge >= 0.3 is 0 Å². The van der Waals surface area contributed by atoms with Gasteiger partial charge in [0.25, 0.3) is 0 Å². The number of Topliss-reactive ketones (excluding diaryl/α,β-unsaturated/α-hetero) is 1. The van der Waals surface area contributed by atoms with Crippen molar-refractivity contribution in [1.29, 1.82) is 0 Å². The van der Waals surface area contributed by atoms with Gasteiger partial charge in [-0.1, -0.05) is 29.8 Å². The van der Waals surface area contributed by atoms with E-state index in [-0.39, 0.29) is 24.5 Å². The highest BCUT2D eigenvalue weighted by atomic mass is 35.5. The first kappa shape index (κ1) is 19.2. The van der Waals surface area contributed by atoms with Crippen LogP contribution in [0, 0.1) is 0 Å². The second-order valence-corrected chi connectivity index (χ2v) is 6.69. The maximum Gasteiger partial charge on any atom is 0.223 e. The summed E-state index contributed by atoms with van der Waals surface area (Å²) in [6.07, 6.45) is 0.309. The van der Waals surface area contributed by atoms with Gasteiger partial charge in [0.1, 0.15) is 13.2 Å². The van der Waals surface area contributed by atoms with Gasteiger partial charge < -0.3 is 14.4 Å². The molecule has 0 fully saturated rings. The number of rotatable bonds is 7. The molecule has 2 aromatic carbocycles.